The lowest BCUT2D eigenvalue weighted by Crippen LogP contribution is -2.31. The molecule has 0 aromatic heterocycles. The summed E-state index contributed by atoms with van der Waals surface area (Å²) in [7, 11) is 0. The van der Waals surface area contributed by atoms with Crippen molar-refractivity contribution >= 4 is 11.9 Å². The van der Waals surface area contributed by atoms with E-state index in [1.165, 1.54) is 6.92 Å². The van der Waals surface area contributed by atoms with Crippen LogP contribution in [0.3, 0.4) is 0 Å². The number of ether oxygens (including phenoxy) is 1. The molecule has 0 aliphatic rings. The van der Waals surface area contributed by atoms with Crippen LogP contribution in [-0.4, -0.2) is 24.5 Å². The minimum atomic E-state index is -0.829. The predicted molar refractivity (Wildman–Crippen MR) is 85.4 cm³/mol. The third-order valence-corrected chi connectivity index (χ3v) is 3.14. The Hall–Kier alpha value is -3.13. The molecular formula is C18H16N2O3. The van der Waals surface area contributed by atoms with Crippen LogP contribution < -0.4 is 5.32 Å². The second kappa shape index (κ2) is 7.76. The smallest absolute Gasteiger partial charge is 0.326 e. The molecule has 0 saturated heterocycles. The second-order valence-electron chi connectivity index (χ2n) is 4.89. The average Bonchev–Trinajstić information content (AvgIpc) is 2.60. The zero-order valence-corrected chi connectivity index (χ0v) is 12.7. The van der Waals surface area contributed by atoms with Crippen molar-refractivity contribution in [3.8, 4) is 17.2 Å². The first-order valence-corrected chi connectivity index (χ1v) is 7.13. The molecule has 1 atom stereocenters. The number of nitriles is 1. The molecule has 5 nitrogen and oxygen atoms in total. The van der Waals surface area contributed by atoms with Crippen molar-refractivity contribution in [2.75, 3.05) is 6.54 Å². The van der Waals surface area contributed by atoms with Crippen molar-refractivity contribution < 1.29 is 14.3 Å². The summed E-state index contributed by atoms with van der Waals surface area (Å²) in [4.78, 5) is 23.4. The maximum absolute atomic E-state index is 12.0. The molecule has 1 N–H and O–H groups in total. The summed E-state index contributed by atoms with van der Waals surface area (Å²) in [6.07, 6.45) is -0.829. The molecule has 1 amide bonds. The Bertz CT molecular complexity index is 718. The van der Waals surface area contributed by atoms with Crippen LogP contribution in [0.1, 0.15) is 17.3 Å². The number of amides is 1. The highest BCUT2D eigenvalue weighted by Gasteiger charge is 2.11. The second-order valence-corrected chi connectivity index (χ2v) is 4.89. The van der Waals surface area contributed by atoms with Crippen molar-refractivity contribution in [3.63, 3.8) is 0 Å². The van der Waals surface area contributed by atoms with Gasteiger partial charge in [0, 0.05) is 5.56 Å². The van der Waals surface area contributed by atoms with Crippen molar-refractivity contribution in [3.05, 3.63) is 60.2 Å². The van der Waals surface area contributed by atoms with Crippen LogP contribution in [-0.2, 0) is 9.53 Å². The molecule has 23 heavy (non-hydrogen) atoms. The Kier molecular flexibility index (Phi) is 5.48. The highest BCUT2D eigenvalue weighted by molar-refractivity contribution is 5.96. The van der Waals surface area contributed by atoms with Gasteiger partial charge >= 0.3 is 5.97 Å². The lowest BCUT2D eigenvalue weighted by atomic mass is 10.0. The largest absolute Gasteiger partial charge is 0.446 e. The molecule has 2 aromatic carbocycles. The van der Waals surface area contributed by atoms with E-state index in [0.29, 0.717) is 5.56 Å². The minimum absolute atomic E-state index is 0.273. The fourth-order valence-corrected chi connectivity index (χ4v) is 1.96. The summed E-state index contributed by atoms with van der Waals surface area (Å²) in [5.74, 6) is -1.01. The van der Waals surface area contributed by atoms with Gasteiger partial charge in [-0.3, -0.25) is 9.59 Å². The zero-order chi connectivity index (χ0) is 16.7. The summed E-state index contributed by atoms with van der Waals surface area (Å²) in [5.41, 5.74) is 2.52. The van der Waals surface area contributed by atoms with Gasteiger partial charge in [0.05, 0.1) is 0 Å². The zero-order valence-electron chi connectivity index (χ0n) is 12.7. The number of hydrogen-bond donors (Lipinski definition) is 1. The van der Waals surface area contributed by atoms with Gasteiger partial charge in [-0.2, -0.15) is 5.26 Å². The SMILES string of the molecule is C[C@H](C#N)OC(=O)CNC(=O)c1ccc(-c2ccccc2)cc1. The number of esters is 1. The fraction of sp³-hybridized carbons (Fsp3) is 0.167. The molecule has 0 heterocycles. The van der Waals surface area contributed by atoms with Gasteiger partial charge in [0.15, 0.2) is 6.10 Å². The van der Waals surface area contributed by atoms with E-state index < -0.39 is 12.1 Å². The van der Waals surface area contributed by atoms with Crippen molar-refractivity contribution in [2.24, 2.45) is 0 Å². The third kappa shape index (κ3) is 4.68. The lowest BCUT2D eigenvalue weighted by molar-refractivity contribution is -0.144. The number of carbonyl (C=O) groups excluding carboxylic acids is 2. The van der Waals surface area contributed by atoms with E-state index in [4.69, 9.17) is 10.00 Å². The van der Waals surface area contributed by atoms with Crippen molar-refractivity contribution in [2.45, 2.75) is 13.0 Å². The van der Waals surface area contributed by atoms with Crippen LogP contribution >= 0.6 is 0 Å². The third-order valence-electron chi connectivity index (χ3n) is 3.14. The molecule has 0 unspecified atom stereocenters. The molecule has 0 radical (unpaired) electrons. The summed E-state index contributed by atoms with van der Waals surface area (Å²) in [6, 6.07) is 18.7. The number of benzene rings is 2. The fourth-order valence-electron chi connectivity index (χ4n) is 1.96. The molecule has 116 valence electrons. The summed E-state index contributed by atoms with van der Waals surface area (Å²) < 4.78 is 4.75. The van der Waals surface area contributed by atoms with Gasteiger partial charge in [0.25, 0.3) is 5.91 Å². The van der Waals surface area contributed by atoms with Crippen LogP contribution in [0.2, 0.25) is 0 Å². The number of carbonyl (C=O) groups is 2. The maximum Gasteiger partial charge on any atom is 0.326 e. The molecule has 0 fully saturated rings. The quantitative estimate of drug-likeness (QED) is 0.861. The van der Waals surface area contributed by atoms with E-state index in [2.05, 4.69) is 5.32 Å². The Balaban J connectivity index is 1.93. The Morgan fingerprint density at radius 2 is 1.70 bits per heavy atom. The topological polar surface area (TPSA) is 79.2 Å². The predicted octanol–water partition coefficient (Wildman–Crippen LogP) is 2.54. The van der Waals surface area contributed by atoms with Gasteiger partial charge in [-0.05, 0) is 30.2 Å². The first-order valence-electron chi connectivity index (χ1n) is 7.13. The van der Waals surface area contributed by atoms with E-state index in [-0.39, 0.29) is 12.5 Å². The van der Waals surface area contributed by atoms with Crippen LogP contribution in [0.5, 0.6) is 0 Å². The molecule has 0 bridgehead atoms. The van der Waals surface area contributed by atoms with Gasteiger partial charge in [0.2, 0.25) is 0 Å². The first-order chi connectivity index (χ1) is 11.1. The Morgan fingerprint density at radius 3 is 2.30 bits per heavy atom. The van der Waals surface area contributed by atoms with Gasteiger partial charge in [0.1, 0.15) is 12.6 Å². The molecule has 0 spiro atoms. The molecule has 0 saturated carbocycles. The molecule has 0 aliphatic carbocycles. The average molecular weight is 308 g/mol. The monoisotopic (exact) mass is 308 g/mol. The van der Waals surface area contributed by atoms with Gasteiger partial charge in [-0.25, -0.2) is 0 Å². The maximum atomic E-state index is 12.0. The number of rotatable bonds is 5. The molecule has 5 heteroatoms. The van der Waals surface area contributed by atoms with Crippen LogP contribution in [0, 0.1) is 11.3 Å². The molecule has 2 aromatic rings. The van der Waals surface area contributed by atoms with Crippen molar-refractivity contribution in [1.82, 2.24) is 5.32 Å². The van der Waals surface area contributed by atoms with Gasteiger partial charge < -0.3 is 10.1 Å². The van der Waals surface area contributed by atoms with Crippen molar-refractivity contribution in [1.29, 1.82) is 5.26 Å². The summed E-state index contributed by atoms with van der Waals surface area (Å²) in [6.45, 7) is 1.19. The van der Waals surface area contributed by atoms with E-state index in [9.17, 15) is 9.59 Å². The summed E-state index contributed by atoms with van der Waals surface area (Å²) in [5, 5.41) is 11.0. The number of nitrogens with zero attached hydrogens (tertiary/aromatic N) is 1. The molecular weight excluding hydrogens is 292 g/mol. The van der Waals surface area contributed by atoms with Gasteiger partial charge in [-0.15, -0.1) is 0 Å². The highest BCUT2D eigenvalue weighted by Crippen LogP contribution is 2.19. The Labute approximate surface area is 134 Å². The van der Waals surface area contributed by atoms with E-state index in [1.54, 1.807) is 18.2 Å². The Morgan fingerprint density at radius 1 is 1.09 bits per heavy atom. The number of hydrogen-bond acceptors (Lipinski definition) is 4. The minimum Gasteiger partial charge on any atom is -0.446 e. The van der Waals surface area contributed by atoms with Crippen LogP contribution in [0.4, 0.5) is 0 Å². The number of nitrogens with one attached hydrogen (secondary N) is 1. The molecule has 2 rings (SSSR count). The van der Waals surface area contributed by atoms with Crippen LogP contribution in [0.15, 0.2) is 54.6 Å². The first kappa shape index (κ1) is 16.2. The van der Waals surface area contributed by atoms with Gasteiger partial charge in [-0.1, -0.05) is 42.5 Å². The van der Waals surface area contributed by atoms with Crippen LogP contribution in [0.25, 0.3) is 11.1 Å². The molecule has 0 aliphatic heterocycles. The highest BCUT2D eigenvalue weighted by atomic mass is 16.5. The van der Waals surface area contributed by atoms with E-state index >= 15 is 0 Å². The standard InChI is InChI=1S/C18H16N2O3/c1-13(11-19)23-17(21)12-20-18(22)16-9-7-15(8-10-16)14-5-3-2-4-6-14/h2-10,13H,12H2,1H3,(H,20,22)/t13-/m1/s1. The van der Waals surface area contributed by atoms with E-state index in [0.717, 1.165) is 11.1 Å². The lowest BCUT2D eigenvalue weighted by Gasteiger charge is -2.08. The van der Waals surface area contributed by atoms with E-state index in [1.807, 2.05) is 42.5 Å². The summed E-state index contributed by atoms with van der Waals surface area (Å²) >= 11 is 0. The normalized spacial score (nSPS) is 11.1.